The SMILES string of the molecule is CC(=O)c1c(-c2ccccc2)nn(Cc2ccccc2)c(=O)c1Nc1cccc(N)c1. The number of carbonyl (C=O) groups excluding carboxylic acids is 1. The monoisotopic (exact) mass is 410 g/mol. The van der Waals surface area contributed by atoms with Crippen LogP contribution in [0.2, 0.25) is 0 Å². The molecular formula is C25H22N4O2. The Morgan fingerprint density at radius 2 is 1.65 bits per heavy atom. The van der Waals surface area contributed by atoms with Gasteiger partial charge in [0.05, 0.1) is 12.1 Å². The number of hydrogen-bond donors (Lipinski definition) is 2. The highest BCUT2D eigenvalue weighted by molar-refractivity contribution is 6.05. The molecule has 3 N–H and O–H groups in total. The highest BCUT2D eigenvalue weighted by atomic mass is 16.1. The van der Waals surface area contributed by atoms with Crippen LogP contribution in [-0.4, -0.2) is 15.6 Å². The van der Waals surface area contributed by atoms with Crippen LogP contribution in [0.1, 0.15) is 22.8 Å². The highest BCUT2D eigenvalue weighted by Gasteiger charge is 2.22. The smallest absolute Gasteiger partial charge is 0.291 e. The second kappa shape index (κ2) is 8.67. The van der Waals surface area contributed by atoms with Gasteiger partial charge in [-0.05, 0) is 30.7 Å². The fourth-order valence-corrected chi connectivity index (χ4v) is 3.45. The number of nitrogens with zero attached hydrogens (tertiary/aromatic N) is 2. The van der Waals surface area contributed by atoms with Crippen LogP contribution in [0.3, 0.4) is 0 Å². The molecule has 154 valence electrons. The third-order valence-electron chi connectivity index (χ3n) is 4.89. The Kier molecular flexibility index (Phi) is 5.62. The van der Waals surface area contributed by atoms with Gasteiger partial charge >= 0.3 is 0 Å². The molecule has 0 aliphatic rings. The zero-order valence-electron chi connectivity index (χ0n) is 17.1. The average molecular weight is 410 g/mol. The predicted octanol–water partition coefficient (Wildman–Crippen LogP) is 4.49. The number of nitrogens with two attached hydrogens (primary N) is 1. The summed E-state index contributed by atoms with van der Waals surface area (Å²) in [7, 11) is 0. The maximum atomic E-state index is 13.4. The number of hydrogen-bond acceptors (Lipinski definition) is 5. The molecule has 0 bridgehead atoms. The lowest BCUT2D eigenvalue weighted by Gasteiger charge is -2.17. The van der Waals surface area contributed by atoms with E-state index in [9.17, 15) is 9.59 Å². The Morgan fingerprint density at radius 1 is 0.968 bits per heavy atom. The second-order valence-corrected chi connectivity index (χ2v) is 7.22. The molecule has 1 aromatic heterocycles. The van der Waals surface area contributed by atoms with Crippen molar-refractivity contribution in [2.24, 2.45) is 0 Å². The number of benzene rings is 3. The van der Waals surface area contributed by atoms with E-state index in [4.69, 9.17) is 5.73 Å². The predicted molar refractivity (Wildman–Crippen MR) is 124 cm³/mol. The van der Waals surface area contributed by atoms with Gasteiger partial charge in [0.15, 0.2) is 5.78 Å². The summed E-state index contributed by atoms with van der Waals surface area (Å²) in [6, 6.07) is 26.0. The lowest BCUT2D eigenvalue weighted by Crippen LogP contribution is -2.29. The summed E-state index contributed by atoms with van der Waals surface area (Å²) in [6.45, 7) is 1.72. The largest absolute Gasteiger partial charge is 0.399 e. The molecule has 4 rings (SSSR count). The molecule has 0 fully saturated rings. The lowest BCUT2D eigenvalue weighted by molar-refractivity contribution is 0.101. The van der Waals surface area contributed by atoms with Crippen molar-refractivity contribution < 1.29 is 4.79 Å². The fourth-order valence-electron chi connectivity index (χ4n) is 3.45. The second-order valence-electron chi connectivity index (χ2n) is 7.22. The maximum absolute atomic E-state index is 13.4. The molecule has 1 heterocycles. The van der Waals surface area contributed by atoms with E-state index in [1.165, 1.54) is 11.6 Å². The molecule has 0 unspecified atom stereocenters. The van der Waals surface area contributed by atoms with E-state index < -0.39 is 0 Å². The third-order valence-corrected chi connectivity index (χ3v) is 4.89. The van der Waals surface area contributed by atoms with Gasteiger partial charge < -0.3 is 11.1 Å². The van der Waals surface area contributed by atoms with E-state index in [-0.39, 0.29) is 29.1 Å². The summed E-state index contributed by atoms with van der Waals surface area (Å²) in [5.41, 5.74) is 9.27. The Morgan fingerprint density at radius 3 is 2.29 bits per heavy atom. The Bertz CT molecular complexity index is 1280. The van der Waals surface area contributed by atoms with E-state index in [1.54, 1.807) is 24.3 Å². The molecule has 0 spiro atoms. The van der Waals surface area contributed by atoms with Crippen molar-refractivity contribution in [1.82, 2.24) is 9.78 Å². The maximum Gasteiger partial charge on any atom is 0.291 e. The summed E-state index contributed by atoms with van der Waals surface area (Å²) >= 11 is 0. The number of nitrogen functional groups attached to an aromatic ring is 1. The first kappa shape index (κ1) is 20.1. The van der Waals surface area contributed by atoms with E-state index in [2.05, 4.69) is 10.4 Å². The van der Waals surface area contributed by atoms with E-state index in [0.29, 0.717) is 17.1 Å². The van der Waals surface area contributed by atoms with Crippen LogP contribution in [0, 0.1) is 0 Å². The van der Waals surface area contributed by atoms with Crippen LogP contribution in [0.25, 0.3) is 11.3 Å². The van der Waals surface area contributed by atoms with E-state index in [0.717, 1.165) is 11.1 Å². The first-order chi connectivity index (χ1) is 15.0. The van der Waals surface area contributed by atoms with Gasteiger partial charge in [0.2, 0.25) is 0 Å². The van der Waals surface area contributed by atoms with Crippen LogP contribution < -0.4 is 16.6 Å². The van der Waals surface area contributed by atoms with Gasteiger partial charge in [-0.2, -0.15) is 5.10 Å². The summed E-state index contributed by atoms with van der Waals surface area (Å²) in [4.78, 5) is 26.1. The molecule has 0 atom stereocenters. The van der Waals surface area contributed by atoms with Crippen molar-refractivity contribution in [2.45, 2.75) is 13.5 Å². The summed E-state index contributed by atoms with van der Waals surface area (Å²) in [5.74, 6) is -0.248. The normalized spacial score (nSPS) is 10.6. The van der Waals surface area contributed by atoms with Crippen LogP contribution >= 0.6 is 0 Å². The third kappa shape index (κ3) is 4.38. The van der Waals surface area contributed by atoms with Gasteiger partial charge in [-0.15, -0.1) is 0 Å². The minimum atomic E-state index is -0.379. The topological polar surface area (TPSA) is 90.0 Å². The van der Waals surface area contributed by atoms with Crippen LogP contribution in [-0.2, 0) is 6.54 Å². The minimum absolute atomic E-state index is 0.183. The Balaban J connectivity index is 1.94. The molecule has 0 saturated heterocycles. The van der Waals surface area contributed by atoms with Gasteiger partial charge in [0.1, 0.15) is 11.4 Å². The molecule has 4 aromatic rings. The number of ketones is 1. The highest BCUT2D eigenvalue weighted by Crippen LogP contribution is 2.28. The van der Waals surface area contributed by atoms with Gasteiger partial charge in [-0.1, -0.05) is 66.7 Å². The quantitative estimate of drug-likeness (QED) is 0.361. The summed E-state index contributed by atoms with van der Waals surface area (Å²) < 4.78 is 1.39. The summed E-state index contributed by atoms with van der Waals surface area (Å²) in [6.07, 6.45) is 0. The molecule has 0 aliphatic carbocycles. The first-order valence-electron chi connectivity index (χ1n) is 9.91. The molecule has 0 saturated carbocycles. The van der Waals surface area contributed by atoms with Gasteiger partial charge in [0, 0.05) is 16.9 Å². The zero-order valence-corrected chi connectivity index (χ0v) is 17.1. The molecule has 0 aliphatic heterocycles. The van der Waals surface area contributed by atoms with Crippen molar-refractivity contribution in [1.29, 1.82) is 0 Å². The number of anilines is 3. The number of nitrogens with one attached hydrogen (secondary N) is 1. The molecule has 0 radical (unpaired) electrons. The summed E-state index contributed by atoms with van der Waals surface area (Å²) in [5, 5.41) is 7.72. The van der Waals surface area contributed by atoms with Crippen molar-refractivity contribution in [3.63, 3.8) is 0 Å². The van der Waals surface area contributed by atoms with Gasteiger partial charge in [-0.25, -0.2) is 4.68 Å². The van der Waals surface area contributed by atoms with Crippen LogP contribution in [0.4, 0.5) is 17.1 Å². The molecule has 0 amide bonds. The van der Waals surface area contributed by atoms with E-state index in [1.807, 2.05) is 60.7 Å². The molecular weight excluding hydrogens is 388 g/mol. The number of aromatic nitrogens is 2. The van der Waals surface area contributed by atoms with Crippen molar-refractivity contribution in [2.75, 3.05) is 11.1 Å². The molecule has 6 nitrogen and oxygen atoms in total. The fraction of sp³-hybridized carbons (Fsp3) is 0.0800. The van der Waals surface area contributed by atoms with Crippen LogP contribution in [0.15, 0.2) is 89.7 Å². The average Bonchev–Trinajstić information content (AvgIpc) is 2.77. The molecule has 6 heteroatoms. The van der Waals surface area contributed by atoms with Crippen molar-refractivity contribution in [3.05, 3.63) is 106 Å². The number of rotatable bonds is 6. The zero-order chi connectivity index (χ0) is 21.8. The Labute approximate surface area is 180 Å². The Hall–Kier alpha value is -4.19. The van der Waals surface area contributed by atoms with Gasteiger partial charge in [-0.3, -0.25) is 9.59 Å². The van der Waals surface area contributed by atoms with E-state index >= 15 is 0 Å². The van der Waals surface area contributed by atoms with Crippen molar-refractivity contribution >= 4 is 22.8 Å². The number of Topliss-reactive ketones (excluding diaryl/α,β-unsaturated/α-hetero) is 1. The van der Waals surface area contributed by atoms with Gasteiger partial charge in [0.25, 0.3) is 5.56 Å². The standard InChI is InChI=1S/C25H22N4O2/c1-17(30)22-23(19-11-6-3-7-12-19)28-29(16-18-9-4-2-5-10-18)25(31)24(22)27-21-14-8-13-20(26)15-21/h2-15,27H,16,26H2,1H3. The minimum Gasteiger partial charge on any atom is -0.399 e. The number of carbonyl (C=O) groups is 1. The lowest BCUT2D eigenvalue weighted by atomic mass is 10.0. The van der Waals surface area contributed by atoms with Crippen molar-refractivity contribution in [3.8, 4) is 11.3 Å². The van der Waals surface area contributed by atoms with Crippen LogP contribution in [0.5, 0.6) is 0 Å². The first-order valence-corrected chi connectivity index (χ1v) is 9.91. The molecule has 31 heavy (non-hydrogen) atoms. The molecule has 3 aromatic carbocycles.